The van der Waals surface area contributed by atoms with Gasteiger partial charge in [-0.15, -0.1) is 10.2 Å². The molecule has 3 heterocycles. The molecule has 1 aliphatic heterocycles. The number of aromatic nitrogens is 4. The van der Waals surface area contributed by atoms with Gasteiger partial charge < -0.3 is 10.2 Å². The fraction of sp³-hybridized carbons (Fsp3) is 0.364. The van der Waals surface area contributed by atoms with Crippen molar-refractivity contribution in [3.05, 3.63) is 59.4 Å². The van der Waals surface area contributed by atoms with E-state index in [2.05, 4.69) is 25.5 Å². The molecule has 3 aromatic rings. The predicted octanol–water partition coefficient (Wildman–Crippen LogP) is 1.46. The Morgan fingerprint density at radius 1 is 1.06 bits per heavy atom. The number of primary sulfonamides is 1. The molecule has 10 nitrogen and oxygen atoms in total. The number of benzene rings is 1. The summed E-state index contributed by atoms with van der Waals surface area (Å²) < 4.78 is 24.4. The maximum atomic E-state index is 12.6. The molecule has 33 heavy (non-hydrogen) atoms. The highest BCUT2D eigenvalue weighted by atomic mass is 32.2. The molecule has 1 fully saturated rings. The molecule has 3 N–H and O–H groups in total. The van der Waals surface area contributed by atoms with Gasteiger partial charge >= 0.3 is 0 Å². The first-order valence-corrected chi connectivity index (χ1v) is 12.3. The molecule has 1 aromatic carbocycles. The van der Waals surface area contributed by atoms with Crippen LogP contribution < -0.4 is 15.4 Å². The van der Waals surface area contributed by atoms with E-state index in [0.717, 1.165) is 48.7 Å². The van der Waals surface area contributed by atoms with E-state index in [1.165, 1.54) is 12.1 Å². The van der Waals surface area contributed by atoms with Gasteiger partial charge in [0.15, 0.2) is 11.6 Å². The molecule has 0 bridgehead atoms. The predicted molar refractivity (Wildman–Crippen MR) is 123 cm³/mol. The second kappa shape index (κ2) is 9.28. The van der Waals surface area contributed by atoms with E-state index in [1.807, 2.05) is 32.0 Å². The zero-order chi connectivity index (χ0) is 23.6. The van der Waals surface area contributed by atoms with Gasteiger partial charge in [0.1, 0.15) is 0 Å². The molecular formula is C22H27N7O3S. The number of hydrogen-bond donors (Lipinski definition) is 2. The molecule has 0 atom stereocenters. The first kappa shape index (κ1) is 22.9. The Morgan fingerprint density at radius 2 is 1.70 bits per heavy atom. The minimum Gasteiger partial charge on any atom is -0.355 e. The van der Waals surface area contributed by atoms with Crippen LogP contribution in [0.4, 0.5) is 5.82 Å². The van der Waals surface area contributed by atoms with Crippen LogP contribution in [0.5, 0.6) is 0 Å². The van der Waals surface area contributed by atoms with Crippen molar-refractivity contribution in [2.24, 2.45) is 11.1 Å². The molecule has 0 saturated carbocycles. The van der Waals surface area contributed by atoms with Crippen LogP contribution in [-0.2, 0) is 21.4 Å². The van der Waals surface area contributed by atoms with Gasteiger partial charge in [-0.3, -0.25) is 4.79 Å². The van der Waals surface area contributed by atoms with Crippen LogP contribution in [0, 0.1) is 19.8 Å². The number of carbonyl (C=O) groups is 1. The van der Waals surface area contributed by atoms with Crippen LogP contribution in [0.2, 0.25) is 0 Å². The Kier molecular flexibility index (Phi) is 6.43. The Balaban J connectivity index is 1.28. The van der Waals surface area contributed by atoms with Crippen LogP contribution >= 0.6 is 0 Å². The second-order valence-electron chi connectivity index (χ2n) is 8.26. The van der Waals surface area contributed by atoms with Crippen molar-refractivity contribution in [1.82, 2.24) is 25.3 Å². The van der Waals surface area contributed by atoms with Crippen molar-refractivity contribution in [2.75, 3.05) is 18.0 Å². The number of anilines is 1. The average Bonchev–Trinajstić information content (AvgIpc) is 3.15. The van der Waals surface area contributed by atoms with Gasteiger partial charge in [0.25, 0.3) is 0 Å². The van der Waals surface area contributed by atoms with Gasteiger partial charge in [-0.05, 0) is 62.6 Å². The fourth-order valence-electron chi connectivity index (χ4n) is 3.96. The Bertz CT molecular complexity index is 1230. The molecule has 2 aromatic heterocycles. The van der Waals surface area contributed by atoms with Crippen molar-refractivity contribution in [1.29, 1.82) is 0 Å². The van der Waals surface area contributed by atoms with Gasteiger partial charge in [0.05, 0.1) is 10.6 Å². The van der Waals surface area contributed by atoms with E-state index in [-0.39, 0.29) is 16.7 Å². The molecular weight excluding hydrogens is 442 g/mol. The largest absolute Gasteiger partial charge is 0.355 e. The second-order valence-corrected chi connectivity index (χ2v) is 9.82. The monoisotopic (exact) mass is 469 g/mol. The number of nitrogens with two attached hydrogens (primary N) is 1. The third kappa shape index (κ3) is 5.37. The van der Waals surface area contributed by atoms with Gasteiger partial charge in [-0.25, -0.2) is 18.2 Å². The number of sulfonamides is 1. The topological polar surface area (TPSA) is 136 Å². The maximum Gasteiger partial charge on any atom is 0.238 e. The molecule has 0 radical (unpaired) electrons. The van der Waals surface area contributed by atoms with Crippen LogP contribution in [0.25, 0.3) is 5.82 Å². The lowest BCUT2D eigenvalue weighted by Gasteiger charge is -2.31. The standard InChI is InChI=1S/C22H27N7O3S/c1-15-13-16(2)29(27-15)21-8-7-20(25-26-21)28-11-9-18(10-12-28)22(30)24-14-17-3-5-19(6-4-17)33(23,31)32/h3-8,13,18H,9-12,14H2,1-2H3,(H,24,30)(H2,23,31,32). The molecule has 4 rings (SSSR count). The van der Waals surface area contributed by atoms with E-state index in [0.29, 0.717) is 12.4 Å². The average molecular weight is 470 g/mol. The zero-order valence-corrected chi connectivity index (χ0v) is 19.4. The van der Waals surface area contributed by atoms with E-state index in [4.69, 9.17) is 5.14 Å². The van der Waals surface area contributed by atoms with Crippen LogP contribution in [0.15, 0.2) is 47.4 Å². The summed E-state index contributed by atoms with van der Waals surface area (Å²) >= 11 is 0. The van der Waals surface area contributed by atoms with Gasteiger partial charge in [0, 0.05) is 31.2 Å². The summed E-state index contributed by atoms with van der Waals surface area (Å²) in [4.78, 5) is 14.8. The van der Waals surface area contributed by atoms with Crippen molar-refractivity contribution >= 4 is 21.7 Å². The number of aryl methyl sites for hydroxylation is 2. The zero-order valence-electron chi connectivity index (χ0n) is 18.6. The summed E-state index contributed by atoms with van der Waals surface area (Å²) in [7, 11) is -3.72. The van der Waals surface area contributed by atoms with Crippen molar-refractivity contribution < 1.29 is 13.2 Å². The van der Waals surface area contributed by atoms with Crippen LogP contribution in [0.1, 0.15) is 29.8 Å². The summed E-state index contributed by atoms with van der Waals surface area (Å²) in [5.74, 6) is 1.38. The summed E-state index contributed by atoms with van der Waals surface area (Å²) in [6.07, 6.45) is 1.44. The van der Waals surface area contributed by atoms with E-state index < -0.39 is 10.0 Å². The summed E-state index contributed by atoms with van der Waals surface area (Å²) in [6.45, 7) is 5.69. The molecule has 0 aliphatic carbocycles. The highest BCUT2D eigenvalue weighted by Crippen LogP contribution is 2.22. The lowest BCUT2D eigenvalue weighted by Crippen LogP contribution is -2.40. The summed E-state index contributed by atoms with van der Waals surface area (Å²) in [5.41, 5.74) is 2.74. The first-order valence-electron chi connectivity index (χ1n) is 10.7. The fourth-order valence-corrected chi connectivity index (χ4v) is 4.48. The lowest BCUT2D eigenvalue weighted by molar-refractivity contribution is -0.125. The van der Waals surface area contributed by atoms with Crippen LogP contribution in [0.3, 0.4) is 0 Å². The molecule has 0 unspecified atom stereocenters. The lowest BCUT2D eigenvalue weighted by atomic mass is 9.96. The van der Waals surface area contributed by atoms with Crippen molar-refractivity contribution in [3.63, 3.8) is 0 Å². The number of amides is 1. The Hall–Kier alpha value is -3.31. The van der Waals surface area contributed by atoms with Crippen LogP contribution in [-0.4, -0.2) is 47.4 Å². The molecule has 0 spiro atoms. The van der Waals surface area contributed by atoms with E-state index in [1.54, 1.807) is 16.8 Å². The van der Waals surface area contributed by atoms with Crippen molar-refractivity contribution in [2.45, 2.75) is 38.1 Å². The molecule has 174 valence electrons. The number of rotatable bonds is 6. The minimum absolute atomic E-state index is 0.00358. The number of nitrogens with zero attached hydrogens (tertiary/aromatic N) is 5. The number of piperidine rings is 1. The normalized spacial score (nSPS) is 14.9. The highest BCUT2D eigenvalue weighted by Gasteiger charge is 2.25. The van der Waals surface area contributed by atoms with E-state index >= 15 is 0 Å². The Morgan fingerprint density at radius 3 is 2.24 bits per heavy atom. The number of nitrogens with one attached hydrogen (secondary N) is 1. The smallest absolute Gasteiger partial charge is 0.238 e. The SMILES string of the molecule is Cc1cc(C)n(-c2ccc(N3CCC(C(=O)NCc4ccc(S(N)(=O)=O)cc4)CC3)nn2)n1. The minimum atomic E-state index is -3.72. The third-order valence-corrected chi connectivity index (χ3v) is 6.70. The molecule has 1 aliphatic rings. The Labute approximate surface area is 192 Å². The maximum absolute atomic E-state index is 12.6. The third-order valence-electron chi connectivity index (χ3n) is 5.77. The summed E-state index contributed by atoms with van der Waals surface area (Å²) in [5, 5.41) is 21.2. The molecule has 1 saturated heterocycles. The highest BCUT2D eigenvalue weighted by molar-refractivity contribution is 7.89. The summed E-state index contributed by atoms with van der Waals surface area (Å²) in [6, 6.07) is 12.0. The van der Waals surface area contributed by atoms with Crippen molar-refractivity contribution in [3.8, 4) is 5.82 Å². The molecule has 11 heteroatoms. The van der Waals surface area contributed by atoms with Gasteiger partial charge in [-0.2, -0.15) is 5.10 Å². The number of hydrogen-bond acceptors (Lipinski definition) is 7. The van der Waals surface area contributed by atoms with Gasteiger partial charge in [-0.1, -0.05) is 12.1 Å². The first-order chi connectivity index (χ1) is 15.7. The van der Waals surface area contributed by atoms with Gasteiger partial charge in [0.2, 0.25) is 15.9 Å². The van der Waals surface area contributed by atoms with E-state index in [9.17, 15) is 13.2 Å². The quantitative estimate of drug-likeness (QED) is 0.558. The molecule has 1 amide bonds. The number of carbonyl (C=O) groups excluding carboxylic acids is 1.